The molecule has 0 unspecified atom stereocenters. The van der Waals surface area contributed by atoms with Crippen molar-refractivity contribution in [3.05, 3.63) is 35.9 Å². The Bertz CT molecular complexity index is 682. The van der Waals surface area contributed by atoms with Gasteiger partial charge in [0, 0.05) is 40.2 Å². The second-order valence-corrected chi connectivity index (χ2v) is 9.23. The standard InChI is InChI=1S/C26H43NO4/c1-19(2)22(11-8-9-12-23(20(3)4)26(29)27(5)6)17-21-13-14-24(28)25(18-21)31-16-10-15-30-7/h8-9,13-14,18-20,22-23,28H,10-12,15-17H2,1-7H3/b9-8+/t22-,23+/m1/s1. The zero-order valence-corrected chi connectivity index (χ0v) is 20.6. The SMILES string of the molecule is COCCCOc1cc(C[C@@H](C/C=C/C[C@H](C(=O)N(C)C)C(C)C)C(C)C)ccc1O. The van der Waals surface area contributed by atoms with Crippen LogP contribution in [0.25, 0.3) is 0 Å². The number of hydrogen-bond donors (Lipinski definition) is 1. The summed E-state index contributed by atoms with van der Waals surface area (Å²) in [6.07, 6.45) is 7.84. The Hall–Kier alpha value is -2.01. The van der Waals surface area contributed by atoms with Gasteiger partial charge in [0.25, 0.3) is 0 Å². The third kappa shape index (κ3) is 9.77. The normalized spacial score (nSPS) is 13.7. The van der Waals surface area contributed by atoms with Crippen LogP contribution in [0.4, 0.5) is 0 Å². The molecule has 5 nitrogen and oxygen atoms in total. The predicted octanol–water partition coefficient (Wildman–Crippen LogP) is 5.32. The molecule has 1 amide bonds. The van der Waals surface area contributed by atoms with E-state index in [2.05, 4.69) is 39.8 Å². The van der Waals surface area contributed by atoms with E-state index < -0.39 is 0 Å². The Kier molecular flexibility index (Phi) is 12.3. The van der Waals surface area contributed by atoms with Gasteiger partial charge in [-0.25, -0.2) is 0 Å². The van der Waals surface area contributed by atoms with Gasteiger partial charge in [0.1, 0.15) is 0 Å². The number of methoxy groups -OCH3 is 1. The molecule has 0 aromatic heterocycles. The third-order valence-corrected chi connectivity index (χ3v) is 5.77. The molecule has 176 valence electrons. The van der Waals surface area contributed by atoms with Gasteiger partial charge in [-0.15, -0.1) is 0 Å². The summed E-state index contributed by atoms with van der Waals surface area (Å²) in [6, 6.07) is 5.64. The molecule has 0 bridgehead atoms. The molecule has 0 saturated heterocycles. The van der Waals surface area contributed by atoms with Crippen molar-refractivity contribution in [2.24, 2.45) is 23.7 Å². The first-order valence-electron chi connectivity index (χ1n) is 11.5. The van der Waals surface area contributed by atoms with Crippen LogP contribution in [-0.2, 0) is 16.0 Å². The van der Waals surface area contributed by atoms with Crippen LogP contribution in [0.5, 0.6) is 11.5 Å². The second-order valence-electron chi connectivity index (χ2n) is 9.23. The first kappa shape index (κ1) is 27.0. The van der Waals surface area contributed by atoms with Gasteiger partial charge in [0.05, 0.1) is 6.61 Å². The Labute approximate surface area is 189 Å². The largest absolute Gasteiger partial charge is 0.504 e. The first-order chi connectivity index (χ1) is 14.7. The minimum Gasteiger partial charge on any atom is -0.504 e. The number of nitrogens with zero attached hydrogens (tertiary/aromatic N) is 1. The lowest BCUT2D eigenvalue weighted by molar-refractivity contribution is -0.134. The summed E-state index contributed by atoms with van der Waals surface area (Å²) in [5, 5.41) is 10.1. The number of allylic oxidation sites excluding steroid dienone is 2. The number of aromatic hydroxyl groups is 1. The van der Waals surface area contributed by atoms with E-state index in [-0.39, 0.29) is 17.6 Å². The fourth-order valence-electron chi connectivity index (χ4n) is 3.58. The van der Waals surface area contributed by atoms with E-state index in [9.17, 15) is 9.90 Å². The number of phenolic OH excluding ortho intramolecular Hbond substituents is 1. The van der Waals surface area contributed by atoms with Crippen molar-refractivity contribution in [3.8, 4) is 11.5 Å². The van der Waals surface area contributed by atoms with Crippen LogP contribution in [0.1, 0.15) is 52.5 Å². The molecule has 1 aromatic rings. The summed E-state index contributed by atoms with van der Waals surface area (Å²) < 4.78 is 10.8. The number of carbonyl (C=O) groups excluding carboxylic acids is 1. The van der Waals surface area contributed by atoms with E-state index in [1.807, 2.05) is 26.2 Å². The zero-order valence-electron chi connectivity index (χ0n) is 20.6. The number of carbonyl (C=O) groups is 1. The van der Waals surface area contributed by atoms with Crippen molar-refractivity contribution in [3.63, 3.8) is 0 Å². The number of amides is 1. The number of benzene rings is 1. The van der Waals surface area contributed by atoms with Crippen molar-refractivity contribution in [1.82, 2.24) is 4.90 Å². The highest BCUT2D eigenvalue weighted by atomic mass is 16.5. The van der Waals surface area contributed by atoms with Crippen LogP contribution in [0.3, 0.4) is 0 Å². The molecular weight excluding hydrogens is 390 g/mol. The highest BCUT2D eigenvalue weighted by Gasteiger charge is 2.22. The number of phenols is 1. The Morgan fingerprint density at radius 1 is 1.06 bits per heavy atom. The molecule has 0 fully saturated rings. The van der Waals surface area contributed by atoms with E-state index in [4.69, 9.17) is 9.47 Å². The quantitative estimate of drug-likeness (QED) is 0.319. The van der Waals surface area contributed by atoms with Crippen molar-refractivity contribution >= 4 is 5.91 Å². The van der Waals surface area contributed by atoms with Crippen LogP contribution in [0.15, 0.2) is 30.4 Å². The fraction of sp³-hybridized carbons (Fsp3) is 0.654. The van der Waals surface area contributed by atoms with Crippen LogP contribution in [0.2, 0.25) is 0 Å². The van der Waals surface area contributed by atoms with E-state index in [0.717, 1.165) is 31.2 Å². The third-order valence-electron chi connectivity index (χ3n) is 5.77. The molecule has 2 atom stereocenters. The molecule has 0 aliphatic carbocycles. The topological polar surface area (TPSA) is 59.0 Å². The molecule has 0 radical (unpaired) electrons. The van der Waals surface area contributed by atoms with Gasteiger partial charge < -0.3 is 19.5 Å². The van der Waals surface area contributed by atoms with E-state index in [1.165, 1.54) is 0 Å². The average Bonchev–Trinajstić information content (AvgIpc) is 2.71. The van der Waals surface area contributed by atoms with Crippen LogP contribution >= 0.6 is 0 Å². The second kappa shape index (κ2) is 14.1. The first-order valence-corrected chi connectivity index (χ1v) is 11.5. The predicted molar refractivity (Wildman–Crippen MR) is 128 cm³/mol. The van der Waals surface area contributed by atoms with Crippen LogP contribution in [-0.4, -0.2) is 50.3 Å². The molecule has 1 rings (SSSR count). The maximum absolute atomic E-state index is 12.4. The van der Waals surface area contributed by atoms with Gasteiger partial charge in [-0.05, 0) is 54.7 Å². The van der Waals surface area contributed by atoms with Crippen molar-refractivity contribution in [2.75, 3.05) is 34.4 Å². The molecule has 0 heterocycles. The van der Waals surface area contributed by atoms with Crippen molar-refractivity contribution < 1.29 is 19.4 Å². The maximum Gasteiger partial charge on any atom is 0.225 e. The van der Waals surface area contributed by atoms with E-state index >= 15 is 0 Å². The van der Waals surface area contributed by atoms with Crippen molar-refractivity contribution in [1.29, 1.82) is 0 Å². The van der Waals surface area contributed by atoms with Gasteiger partial charge in [0.15, 0.2) is 11.5 Å². The van der Waals surface area contributed by atoms with Crippen LogP contribution < -0.4 is 4.74 Å². The molecular formula is C26H43NO4. The molecule has 0 aliphatic heterocycles. The van der Waals surface area contributed by atoms with Gasteiger partial charge in [-0.1, -0.05) is 45.9 Å². The van der Waals surface area contributed by atoms with E-state index in [0.29, 0.717) is 36.7 Å². The zero-order chi connectivity index (χ0) is 23.4. The van der Waals surface area contributed by atoms with E-state index in [1.54, 1.807) is 18.1 Å². The molecule has 1 aromatic carbocycles. The number of hydrogen-bond acceptors (Lipinski definition) is 4. The molecule has 0 aliphatic rings. The van der Waals surface area contributed by atoms with Gasteiger partial charge in [-0.2, -0.15) is 0 Å². The summed E-state index contributed by atoms with van der Waals surface area (Å²) in [4.78, 5) is 14.1. The minimum atomic E-state index is 0.0265. The summed E-state index contributed by atoms with van der Waals surface area (Å²) in [5.41, 5.74) is 1.16. The Morgan fingerprint density at radius 3 is 2.32 bits per heavy atom. The lowest BCUT2D eigenvalue weighted by Gasteiger charge is -2.23. The molecule has 1 N–H and O–H groups in total. The fourth-order valence-corrected chi connectivity index (χ4v) is 3.58. The molecule has 0 spiro atoms. The summed E-state index contributed by atoms with van der Waals surface area (Å²) in [5.74, 6) is 2.25. The minimum absolute atomic E-state index is 0.0265. The average molecular weight is 434 g/mol. The van der Waals surface area contributed by atoms with Crippen LogP contribution in [0, 0.1) is 23.7 Å². The maximum atomic E-state index is 12.4. The monoisotopic (exact) mass is 433 g/mol. The highest BCUT2D eigenvalue weighted by Crippen LogP contribution is 2.30. The number of ether oxygens (including phenoxy) is 2. The molecule has 31 heavy (non-hydrogen) atoms. The van der Waals surface area contributed by atoms with Crippen molar-refractivity contribution in [2.45, 2.75) is 53.4 Å². The summed E-state index contributed by atoms with van der Waals surface area (Å²) in [6.45, 7) is 9.86. The summed E-state index contributed by atoms with van der Waals surface area (Å²) >= 11 is 0. The van der Waals surface area contributed by atoms with Gasteiger partial charge >= 0.3 is 0 Å². The smallest absolute Gasteiger partial charge is 0.225 e. The Morgan fingerprint density at radius 2 is 1.74 bits per heavy atom. The highest BCUT2D eigenvalue weighted by molar-refractivity contribution is 5.78. The lowest BCUT2D eigenvalue weighted by atomic mass is 9.85. The Balaban J connectivity index is 2.72. The lowest BCUT2D eigenvalue weighted by Crippen LogP contribution is -2.32. The molecule has 0 saturated carbocycles. The van der Waals surface area contributed by atoms with Gasteiger partial charge in [0.2, 0.25) is 5.91 Å². The number of rotatable bonds is 14. The molecule has 5 heteroatoms. The van der Waals surface area contributed by atoms with Gasteiger partial charge in [-0.3, -0.25) is 4.79 Å². The summed E-state index contributed by atoms with van der Waals surface area (Å²) in [7, 11) is 5.31.